The fourth-order valence-electron chi connectivity index (χ4n) is 2.62. The normalized spacial score (nSPS) is 25.7. The minimum absolute atomic E-state index is 0.352. The molecule has 0 bridgehead atoms. The average molecular weight is 244 g/mol. The van der Waals surface area contributed by atoms with E-state index in [1.807, 2.05) is 12.1 Å². The van der Waals surface area contributed by atoms with Crippen LogP contribution in [0.25, 0.3) is 5.57 Å². The maximum Gasteiger partial charge on any atom is 0.215 e. The molecule has 0 saturated carbocycles. The maximum absolute atomic E-state index is 6.10. The van der Waals surface area contributed by atoms with Crippen molar-refractivity contribution in [3.8, 4) is 0 Å². The van der Waals surface area contributed by atoms with E-state index in [1.165, 1.54) is 16.3 Å². The van der Waals surface area contributed by atoms with Crippen molar-refractivity contribution in [2.45, 2.75) is 32.5 Å². The minimum atomic E-state index is -1.69. The van der Waals surface area contributed by atoms with Gasteiger partial charge in [-0.05, 0) is 42.8 Å². The number of allylic oxidation sites excluding steroid dienone is 2. The smallest absolute Gasteiger partial charge is 0.215 e. The van der Waals surface area contributed by atoms with E-state index in [-0.39, 0.29) is 0 Å². The van der Waals surface area contributed by atoms with E-state index in [4.69, 9.17) is 4.43 Å². The molecular weight excluding hydrogens is 224 g/mol. The molecule has 1 aliphatic heterocycles. The Balaban J connectivity index is 2.51. The topological polar surface area (TPSA) is 9.23 Å². The lowest BCUT2D eigenvalue weighted by molar-refractivity contribution is 0.246. The number of hydrogen-bond acceptors (Lipinski definition) is 1. The van der Waals surface area contributed by atoms with Crippen LogP contribution in [0.1, 0.15) is 18.9 Å². The Morgan fingerprint density at radius 1 is 1.35 bits per heavy atom. The zero-order chi connectivity index (χ0) is 12.5. The Morgan fingerprint density at radius 3 is 2.47 bits per heavy atom. The highest BCUT2D eigenvalue weighted by atomic mass is 28.4. The molecule has 90 valence electrons. The van der Waals surface area contributed by atoms with Crippen molar-refractivity contribution < 1.29 is 4.43 Å². The molecule has 0 radical (unpaired) electrons. The molecular formula is C15H20OSi. The van der Waals surface area contributed by atoms with E-state index >= 15 is 0 Å². The van der Waals surface area contributed by atoms with Crippen molar-refractivity contribution in [3.05, 3.63) is 53.7 Å². The van der Waals surface area contributed by atoms with Crippen LogP contribution >= 0.6 is 0 Å². The van der Waals surface area contributed by atoms with Crippen molar-refractivity contribution >= 4 is 13.9 Å². The summed E-state index contributed by atoms with van der Waals surface area (Å²) >= 11 is 0. The zero-order valence-corrected chi connectivity index (χ0v) is 11.9. The quantitative estimate of drug-likeness (QED) is 0.709. The number of benzene rings is 1. The van der Waals surface area contributed by atoms with Gasteiger partial charge in [0.15, 0.2) is 0 Å². The molecule has 0 aliphatic carbocycles. The van der Waals surface area contributed by atoms with E-state index < -0.39 is 8.32 Å². The predicted molar refractivity (Wildman–Crippen MR) is 76.2 cm³/mol. The van der Waals surface area contributed by atoms with E-state index in [2.05, 4.69) is 50.9 Å². The largest absolute Gasteiger partial charge is 0.410 e. The highest BCUT2D eigenvalue weighted by Gasteiger charge is 2.38. The minimum Gasteiger partial charge on any atom is -0.410 e. The highest BCUT2D eigenvalue weighted by Crippen LogP contribution is 2.37. The number of hydrogen-bond donors (Lipinski definition) is 0. The summed E-state index contributed by atoms with van der Waals surface area (Å²) in [4.78, 5) is 0. The second kappa shape index (κ2) is 4.63. The summed E-state index contributed by atoms with van der Waals surface area (Å²) in [5.41, 5.74) is 2.54. The fraction of sp³-hybridized carbons (Fsp3) is 0.333. The predicted octanol–water partition coefficient (Wildman–Crippen LogP) is 4.18. The molecule has 1 saturated heterocycles. The number of rotatable bonds is 2. The first kappa shape index (κ1) is 12.3. The lowest BCUT2D eigenvalue weighted by Crippen LogP contribution is -2.28. The van der Waals surface area contributed by atoms with Crippen LogP contribution in [0.2, 0.25) is 13.1 Å². The van der Waals surface area contributed by atoms with Crippen LogP contribution in [0.5, 0.6) is 0 Å². The first-order valence-electron chi connectivity index (χ1n) is 6.14. The Bertz CT molecular complexity index is 445. The van der Waals surface area contributed by atoms with Crippen molar-refractivity contribution in [2.24, 2.45) is 0 Å². The summed E-state index contributed by atoms with van der Waals surface area (Å²) in [7, 11) is -1.69. The molecule has 1 unspecified atom stereocenters. The fourth-order valence-corrected chi connectivity index (χ4v) is 5.52. The molecule has 1 heterocycles. The molecule has 17 heavy (non-hydrogen) atoms. The van der Waals surface area contributed by atoms with E-state index in [0.717, 1.165) is 6.42 Å². The van der Waals surface area contributed by atoms with Crippen LogP contribution in [-0.2, 0) is 4.43 Å². The second-order valence-corrected chi connectivity index (χ2v) is 8.97. The standard InChI is InChI=1S/C15H20OSi/c1-5-14(13-9-7-6-8-10-13)15-11-12(2)16-17(15,3)4/h5-10,12H,1,11H2,2-4H3/b15-14+. The molecule has 2 rings (SSSR count). The van der Waals surface area contributed by atoms with Gasteiger partial charge in [-0.2, -0.15) is 0 Å². The molecule has 1 aromatic rings. The van der Waals surface area contributed by atoms with Crippen molar-refractivity contribution in [2.75, 3.05) is 0 Å². The summed E-state index contributed by atoms with van der Waals surface area (Å²) < 4.78 is 6.10. The molecule has 2 heteroatoms. The lowest BCUT2D eigenvalue weighted by Gasteiger charge is -2.19. The van der Waals surface area contributed by atoms with E-state index in [1.54, 1.807) is 0 Å². The molecule has 0 amide bonds. The van der Waals surface area contributed by atoms with Crippen LogP contribution < -0.4 is 0 Å². The molecule has 1 nitrogen and oxygen atoms in total. The van der Waals surface area contributed by atoms with Crippen LogP contribution in [0.15, 0.2) is 48.2 Å². The molecule has 1 fully saturated rings. The van der Waals surface area contributed by atoms with Gasteiger partial charge in [0.1, 0.15) is 0 Å². The SMILES string of the molecule is C=C/C(=C1/CC(C)O[Si]1(C)C)c1ccccc1. The second-order valence-electron chi connectivity index (χ2n) is 5.11. The van der Waals surface area contributed by atoms with E-state index in [9.17, 15) is 0 Å². The first-order chi connectivity index (χ1) is 8.04. The van der Waals surface area contributed by atoms with Gasteiger partial charge in [0.05, 0.1) is 0 Å². The summed E-state index contributed by atoms with van der Waals surface area (Å²) in [6.45, 7) is 10.7. The van der Waals surface area contributed by atoms with Gasteiger partial charge in [-0.15, -0.1) is 0 Å². The zero-order valence-electron chi connectivity index (χ0n) is 10.9. The summed E-state index contributed by atoms with van der Waals surface area (Å²) in [5, 5.41) is 1.49. The van der Waals surface area contributed by atoms with Gasteiger partial charge in [-0.1, -0.05) is 43.0 Å². The van der Waals surface area contributed by atoms with Gasteiger partial charge >= 0.3 is 0 Å². The Labute approximate surface area is 105 Å². The van der Waals surface area contributed by atoms with Crippen molar-refractivity contribution in [3.63, 3.8) is 0 Å². The molecule has 1 aromatic carbocycles. The first-order valence-corrected chi connectivity index (χ1v) is 9.04. The highest BCUT2D eigenvalue weighted by molar-refractivity contribution is 6.80. The summed E-state index contributed by atoms with van der Waals surface area (Å²) in [6.07, 6.45) is 3.39. The van der Waals surface area contributed by atoms with Gasteiger partial charge in [-0.25, -0.2) is 0 Å². The van der Waals surface area contributed by atoms with Gasteiger partial charge in [0.2, 0.25) is 8.32 Å². The average Bonchev–Trinajstić information content (AvgIpc) is 2.55. The third kappa shape index (κ3) is 2.43. The van der Waals surface area contributed by atoms with Gasteiger partial charge in [-0.3, -0.25) is 0 Å². The maximum atomic E-state index is 6.10. The third-order valence-electron chi connectivity index (χ3n) is 3.33. The van der Waals surface area contributed by atoms with Crippen LogP contribution in [0.3, 0.4) is 0 Å². The Hall–Kier alpha value is -1.12. The van der Waals surface area contributed by atoms with Crippen LogP contribution in [0, 0.1) is 0 Å². The summed E-state index contributed by atoms with van der Waals surface area (Å²) in [6, 6.07) is 10.5. The molecule has 1 atom stereocenters. The van der Waals surface area contributed by atoms with E-state index in [0.29, 0.717) is 6.10 Å². The molecule has 1 aliphatic rings. The van der Waals surface area contributed by atoms with Crippen molar-refractivity contribution in [1.82, 2.24) is 0 Å². The van der Waals surface area contributed by atoms with Gasteiger partial charge in [0, 0.05) is 6.10 Å². The molecule has 0 aromatic heterocycles. The van der Waals surface area contributed by atoms with Crippen LogP contribution in [-0.4, -0.2) is 14.4 Å². The summed E-state index contributed by atoms with van der Waals surface area (Å²) in [5.74, 6) is 0. The monoisotopic (exact) mass is 244 g/mol. The lowest BCUT2D eigenvalue weighted by atomic mass is 10.0. The molecule has 0 N–H and O–H groups in total. The molecule has 0 spiro atoms. The Morgan fingerprint density at radius 2 is 2.00 bits per heavy atom. The van der Waals surface area contributed by atoms with Crippen LogP contribution in [0.4, 0.5) is 0 Å². The Kier molecular flexibility index (Phi) is 3.36. The third-order valence-corrected chi connectivity index (χ3v) is 6.25. The van der Waals surface area contributed by atoms with Crippen molar-refractivity contribution in [1.29, 1.82) is 0 Å². The van der Waals surface area contributed by atoms with Gasteiger partial charge < -0.3 is 4.43 Å². The van der Waals surface area contributed by atoms with Gasteiger partial charge in [0.25, 0.3) is 0 Å².